The summed E-state index contributed by atoms with van der Waals surface area (Å²) in [6, 6.07) is 7.35. The molecular weight excluding hydrogens is 486 g/mol. The lowest BCUT2D eigenvalue weighted by Gasteiger charge is -2.18. The Morgan fingerprint density at radius 2 is 1.94 bits per heavy atom. The largest absolute Gasteiger partial charge is 0.467 e. The first kappa shape index (κ1) is 28.3. The highest BCUT2D eigenvalue weighted by Gasteiger charge is 2.24. The van der Waals surface area contributed by atoms with Crippen LogP contribution in [0, 0.1) is 16.7 Å². The molecule has 0 aliphatic carbocycles. The van der Waals surface area contributed by atoms with Crippen LogP contribution < -0.4 is 30.7 Å². The fraction of sp³-hybridized carbons (Fsp3) is 0.375. The monoisotopic (exact) mass is 515 g/mol. The molecule has 4 N–H and O–H groups in total. The fourth-order valence-electron chi connectivity index (χ4n) is 2.89. The van der Waals surface area contributed by atoms with Gasteiger partial charge in [-0.25, -0.2) is 4.79 Å². The van der Waals surface area contributed by atoms with E-state index in [4.69, 9.17) is 0 Å². The van der Waals surface area contributed by atoms with Gasteiger partial charge in [0.2, 0.25) is 5.91 Å². The van der Waals surface area contributed by atoms with Gasteiger partial charge in [0.1, 0.15) is 15.3 Å². The number of nitriles is 1. The number of ether oxygens (including phenoxy) is 1. The van der Waals surface area contributed by atoms with E-state index in [1.807, 2.05) is 0 Å². The number of carbonyl (C=O) groups excluding carboxylic acids is 3. The van der Waals surface area contributed by atoms with Crippen molar-refractivity contribution < 1.29 is 24.2 Å². The topological polar surface area (TPSA) is 163 Å². The van der Waals surface area contributed by atoms with E-state index in [0.29, 0.717) is 11.4 Å². The first-order chi connectivity index (χ1) is 17.0. The highest BCUT2D eigenvalue weighted by molar-refractivity contribution is 7.07. The molecule has 12 heteroatoms. The molecule has 1 aromatic heterocycles. The van der Waals surface area contributed by atoms with Gasteiger partial charge in [0.15, 0.2) is 11.6 Å². The summed E-state index contributed by atoms with van der Waals surface area (Å²) < 4.78 is 6.11. The number of benzene rings is 1. The number of aromatic nitrogens is 1. The summed E-state index contributed by atoms with van der Waals surface area (Å²) in [4.78, 5) is 49.5. The van der Waals surface area contributed by atoms with Crippen molar-refractivity contribution in [1.29, 1.82) is 5.26 Å². The third-order valence-corrected chi connectivity index (χ3v) is 6.05. The van der Waals surface area contributed by atoms with Crippen LogP contribution in [0.4, 0.5) is 11.4 Å². The zero-order valence-corrected chi connectivity index (χ0v) is 21.5. The highest BCUT2D eigenvalue weighted by Crippen LogP contribution is 2.20. The Kier molecular flexibility index (Phi) is 9.54. The summed E-state index contributed by atoms with van der Waals surface area (Å²) in [7, 11) is 1.10. The molecule has 0 aliphatic rings. The molecule has 0 aliphatic heterocycles. The Hall–Kier alpha value is -3.95. The van der Waals surface area contributed by atoms with Gasteiger partial charge in [-0.05, 0) is 25.1 Å². The van der Waals surface area contributed by atoms with Crippen LogP contribution in [-0.2, 0) is 25.7 Å². The number of methoxy groups -OCH3 is 1. The van der Waals surface area contributed by atoms with Gasteiger partial charge in [-0.15, -0.1) is 11.3 Å². The Bertz CT molecular complexity index is 1360. The van der Waals surface area contributed by atoms with E-state index < -0.39 is 35.5 Å². The molecule has 2 amide bonds. The maximum Gasteiger partial charge on any atom is 0.330 e. The maximum atomic E-state index is 12.9. The van der Waals surface area contributed by atoms with Crippen molar-refractivity contribution in [2.24, 2.45) is 5.41 Å². The van der Waals surface area contributed by atoms with E-state index in [2.05, 4.69) is 20.7 Å². The number of thiazole rings is 1. The van der Waals surface area contributed by atoms with Crippen molar-refractivity contribution in [3.8, 4) is 6.07 Å². The molecule has 2 aromatic rings. The summed E-state index contributed by atoms with van der Waals surface area (Å²) in [6.45, 7) is 6.56. The number of aliphatic hydroxyl groups is 1. The van der Waals surface area contributed by atoms with Gasteiger partial charge in [-0.1, -0.05) is 26.8 Å². The van der Waals surface area contributed by atoms with Crippen LogP contribution in [0.15, 0.2) is 29.1 Å². The predicted octanol–water partition coefficient (Wildman–Crippen LogP) is 0.0888. The highest BCUT2D eigenvalue weighted by atomic mass is 32.1. The SMILES string of the molecule is CCn1c(=C(C#N)C(=O)NC(CO)C(=O)OC)sc(=CNc2cccc(NC(=O)C(C)(C)C)c2)c1=O. The average Bonchev–Trinajstić information content (AvgIpc) is 3.15. The molecule has 1 aromatic carbocycles. The summed E-state index contributed by atoms with van der Waals surface area (Å²) in [5, 5.41) is 27.0. The molecule has 0 spiro atoms. The minimum atomic E-state index is -1.36. The van der Waals surface area contributed by atoms with Crippen molar-refractivity contribution >= 4 is 52.3 Å². The zero-order chi connectivity index (χ0) is 27.0. The molecule has 36 heavy (non-hydrogen) atoms. The van der Waals surface area contributed by atoms with Crippen LogP contribution in [0.2, 0.25) is 0 Å². The van der Waals surface area contributed by atoms with Gasteiger partial charge in [-0.3, -0.25) is 19.0 Å². The van der Waals surface area contributed by atoms with Gasteiger partial charge in [-0.2, -0.15) is 5.26 Å². The molecule has 0 saturated carbocycles. The summed E-state index contributed by atoms with van der Waals surface area (Å²) in [5.74, 6) is -1.95. The fourth-order valence-corrected chi connectivity index (χ4v) is 3.98. The van der Waals surface area contributed by atoms with Gasteiger partial charge in [0, 0.05) is 29.5 Å². The second kappa shape index (κ2) is 12.1. The molecule has 11 nitrogen and oxygen atoms in total. The molecule has 0 saturated heterocycles. The normalized spacial score (nSPS) is 13.3. The smallest absolute Gasteiger partial charge is 0.330 e. The lowest BCUT2D eigenvalue weighted by Crippen LogP contribution is -2.45. The van der Waals surface area contributed by atoms with Crippen molar-refractivity contribution in [2.45, 2.75) is 40.3 Å². The third kappa shape index (κ3) is 6.80. The number of esters is 1. The number of carbonyl (C=O) groups is 3. The summed E-state index contributed by atoms with van der Waals surface area (Å²) >= 11 is 0.922. The molecule has 1 heterocycles. The Morgan fingerprint density at radius 1 is 1.28 bits per heavy atom. The third-order valence-electron chi connectivity index (χ3n) is 4.92. The van der Waals surface area contributed by atoms with Crippen LogP contribution in [0.25, 0.3) is 11.8 Å². The second-order valence-electron chi connectivity index (χ2n) is 8.61. The number of anilines is 2. The number of amides is 2. The van der Waals surface area contributed by atoms with E-state index in [-0.39, 0.29) is 27.2 Å². The minimum absolute atomic E-state index is 0.100. The van der Waals surface area contributed by atoms with E-state index in [1.165, 1.54) is 10.8 Å². The van der Waals surface area contributed by atoms with Crippen molar-refractivity contribution in [2.75, 3.05) is 24.4 Å². The van der Waals surface area contributed by atoms with Crippen LogP contribution in [-0.4, -0.2) is 47.2 Å². The summed E-state index contributed by atoms with van der Waals surface area (Å²) in [6.07, 6.45) is 1.45. The molecule has 2 rings (SSSR count). The first-order valence-corrected chi connectivity index (χ1v) is 11.8. The molecule has 0 bridgehead atoms. The van der Waals surface area contributed by atoms with Crippen molar-refractivity contribution in [3.05, 3.63) is 43.8 Å². The molecule has 0 fully saturated rings. The van der Waals surface area contributed by atoms with Crippen LogP contribution in [0.5, 0.6) is 0 Å². The maximum absolute atomic E-state index is 12.9. The average molecular weight is 516 g/mol. The Labute approximate surface area is 211 Å². The van der Waals surface area contributed by atoms with Gasteiger partial charge >= 0.3 is 5.97 Å². The van der Waals surface area contributed by atoms with E-state index in [9.17, 15) is 29.5 Å². The number of hydrogen-bond acceptors (Lipinski definition) is 9. The number of nitrogens with one attached hydrogen (secondary N) is 3. The molecule has 1 unspecified atom stereocenters. The van der Waals surface area contributed by atoms with Gasteiger partial charge in [0.25, 0.3) is 11.5 Å². The predicted molar refractivity (Wildman–Crippen MR) is 136 cm³/mol. The Balaban J connectivity index is 2.44. The quantitative estimate of drug-likeness (QED) is 0.360. The molecule has 0 radical (unpaired) electrons. The summed E-state index contributed by atoms with van der Waals surface area (Å²) in [5.41, 5.74) is -0.192. The van der Waals surface area contributed by atoms with E-state index in [1.54, 1.807) is 58.0 Å². The number of nitrogens with zero attached hydrogens (tertiary/aromatic N) is 2. The lowest BCUT2D eigenvalue weighted by atomic mass is 9.95. The van der Waals surface area contributed by atoms with Crippen LogP contribution in [0.3, 0.4) is 0 Å². The van der Waals surface area contributed by atoms with Gasteiger partial charge in [0.05, 0.1) is 13.7 Å². The molecule has 1 atom stereocenters. The van der Waals surface area contributed by atoms with Crippen molar-refractivity contribution in [3.63, 3.8) is 0 Å². The standard InChI is InChI=1S/C24H29N5O6S/c1-6-29-20(32)18(12-26-14-8-7-9-15(10-14)27-23(34)24(2,3)4)36-21(29)16(11-25)19(31)28-17(13-30)22(33)35-5/h7-10,12,17,26,30H,6,13H2,1-5H3,(H,27,34)(H,28,31). The van der Waals surface area contributed by atoms with E-state index >= 15 is 0 Å². The number of rotatable bonds is 8. The lowest BCUT2D eigenvalue weighted by molar-refractivity contribution is -0.145. The second-order valence-corrected chi connectivity index (χ2v) is 9.64. The van der Waals surface area contributed by atoms with Crippen molar-refractivity contribution in [1.82, 2.24) is 9.88 Å². The molecular formula is C24H29N5O6S. The first-order valence-electron chi connectivity index (χ1n) is 11.0. The van der Waals surface area contributed by atoms with Crippen LogP contribution in [0.1, 0.15) is 27.7 Å². The molecule has 192 valence electrons. The van der Waals surface area contributed by atoms with Gasteiger partial charge < -0.3 is 25.8 Å². The zero-order valence-electron chi connectivity index (χ0n) is 20.7. The minimum Gasteiger partial charge on any atom is -0.467 e. The number of hydrogen-bond donors (Lipinski definition) is 4. The van der Waals surface area contributed by atoms with E-state index in [0.717, 1.165) is 18.4 Å². The number of aliphatic hydroxyl groups excluding tert-OH is 1. The Morgan fingerprint density at radius 3 is 2.50 bits per heavy atom. The van der Waals surface area contributed by atoms with Crippen LogP contribution >= 0.6 is 11.3 Å².